The maximum atomic E-state index is 11.7. The molecule has 0 unspecified atom stereocenters. The minimum Gasteiger partial charge on any atom is -0.395 e. The fraction of sp³-hybridized carbons (Fsp3) is 0.417. The van der Waals surface area contributed by atoms with Crippen molar-refractivity contribution in [3.05, 3.63) is 34.3 Å². The highest BCUT2D eigenvalue weighted by Crippen LogP contribution is 2.62. The minimum absolute atomic E-state index is 0.442. The number of rotatable bonds is 3. The molecule has 2 rings (SSSR count). The Morgan fingerprint density at radius 2 is 2.00 bits per heavy atom. The van der Waals surface area contributed by atoms with Gasteiger partial charge in [-0.25, -0.2) is 8.42 Å². The van der Waals surface area contributed by atoms with Gasteiger partial charge in [0, 0.05) is 16.6 Å². The molecule has 6 heteroatoms. The Bertz CT molecular complexity index is 605. The number of aliphatic hydroxyl groups is 1. The molecule has 18 heavy (non-hydrogen) atoms. The zero-order chi connectivity index (χ0) is 13.6. The van der Waals surface area contributed by atoms with E-state index in [0.29, 0.717) is 0 Å². The molecular weight excluding hydrogens is 318 g/mol. The van der Waals surface area contributed by atoms with E-state index in [-0.39, 0.29) is 0 Å². The zero-order valence-corrected chi connectivity index (χ0v) is 12.1. The quantitative estimate of drug-likeness (QED) is 0.910. The van der Waals surface area contributed by atoms with Gasteiger partial charge in [-0.3, -0.25) is 0 Å². The summed E-state index contributed by atoms with van der Waals surface area (Å²) < 4.78 is 24.3. The summed E-state index contributed by atoms with van der Waals surface area (Å²) in [4.78, 5) is 0. The lowest BCUT2D eigenvalue weighted by atomic mass is 10.0. The smallest absolute Gasteiger partial charge is 0.152 e. The predicted molar refractivity (Wildman–Crippen MR) is 70.6 cm³/mol. The van der Waals surface area contributed by atoms with Crippen LogP contribution in [0.15, 0.2) is 28.7 Å². The normalized spacial score (nSPS) is 30.8. The molecule has 0 spiro atoms. The first-order chi connectivity index (χ1) is 8.36. The van der Waals surface area contributed by atoms with Gasteiger partial charge >= 0.3 is 0 Å². The number of benzene rings is 1. The number of nitriles is 1. The molecule has 1 saturated carbocycles. The standard InChI is InChI=1S/C12H12BrNO3S/c1-18(16,17)11-10(12(11,6-14)7-15)8-2-4-9(13)5-3-8/h2-5,10-11,15H,7H2,1H3/t10-,11+,12+/m0/s1. The largest absolute Gasteiger partial charge is 0.395 e. The van der Waals surface area contributed by atoms with Gasteiger partial charge < -0.3 is 5.11 Å². The number of halogens is 1. The summed E-state index contributed by atoms with van der Waals surface area (Å²) in [6.07, 6.45) is 1.11. The average Bonchev–Trinajstić information content (AvgIpc) is 3.00. The number of aliphatic hydroxyl groups excluding tert-OH is 1. The second-order valence-corrected chi connectivity index (χ2v) is 7.67. The molecule has 0 aliphatic heterocycles. The van der Waals surface area contributed by atoms with Crippen molar-refractivity contribution in [2.45, 2.75) is 11.2 Å². The van der Waals surface area contributed by atoms with Crippen LogP contribution in [0.3, 0.4) is 0 Å². The zero-order valence-electron chi connectivity index (χ0n) is 9.67. The number of hydrogen-bond acceptors (Lipinski definition) is 4. The first kappa shape index (κ1) is 13.5. The van der Waals surface area contributed by atoms with Crippen molar-refractivity contribution >= 4 is 25.8 Å². The highest BCUT2D eigenvalue weighted by atomic mass is 79.9. The van der Waals surface area contributed by atoms with E-state index < -0.39 is 33.0 Å². The first-order valence-corrected chi connectivity index (χ1v) is 8.08. The molecule has 96 valence electrons. The van der Waals surface area contributed by atoms with Crippen LogP contribution >= 0.6 is 15.9 Å². The van der Waals surface area contributed by atoms with Crippen LogP contribution in [0.4, 0.5) is 0 Å². The van der Waals surface area contributed by atoms with E-state index in [1.54, 1.807) is 24.3 Å². The van der Waals surface area contributed by atoms with Crippen molar-refractivity contribution in [3.63, 3.8) is 0 Å². The Kier molecular flexibility index (Phi) is 3.26. The van der Waals surface area contributed by atoms with Gasteiger partial charge in [0.25, 0.3) is 0 Å². The topological polar surface area (TPSA) is 78.2 Å². The molecule has 0 saturated heterocycles. The Hall–Kier alpha value is -0.900. The van der Waals surface area contributed by atoms with Crippen LogP contribution < -0.4 is 0 Å². The molecule has 0 amide bonds. The monoisotopic (exact) mass is 329 g/mol. The summed E-state index contributed by atoms with van der Waals surface area (Å²) in [6, 6.07) is 9.14. The molecule has 1 N–H and O–H groups in total. The van der Waals surface area contributed by atoms with Crippen LogP contribution in [-0.4, -0.2) is 31.6 Å². The van der Waals surface area contributed by atoms with Gasteiger partial charge in [-0.15, -0.1) is 0 Å². The van der Waals surface area contributed by atoms with Crippen molar-refractivity contribution in [3.8, 4) is 6.07 Å². The Labute approximate surface area is 114 Å². The lowest BCUT2D eigenvalue weighted by Gasteiger charge is -2.03. The number of sulfone groups is 1. The third kappa shape index (κ3) is 1.96. The van der Waals surface area contributed by atoms with Crippen LogP contribution in [0.1, 0.15) is 11.5 Å². The maximum absolute atomic E-state index is 11.7. The van der Waals surface area contributed by atoms with Gasteiger partial charge in [-0.2, -0.15) is 5.26 Å². The highest BCUT2D eigenvalue weighted by molar-refractivity contribution is 9.10. The van der Waals surface area contributed by atoms with Gasteiger partial charge in [0.1, 0.15) is 5.41 Å². The summed E-state index contributed by atoms with van der Waals surface area (Å²) in [6.45, 7) is -0.442. The van der Waals surface area contributed by atoms with Gasteiger partial charge in [-0.1, -0.05) is 28.1 Å². The molecule has 1 aliphatic carbocycles. The van der Waals surface area contributed by atoms with E-state index in [1.807, 2.05) is 6.07 Å². The second-order valence-electron chi connectivity index (χ2n) is 4.59. The SMILES string of the molecule is CS(=O)(=O)[C@@H]1[C@H](c2ccc(Br)cc2)[C@@]1(C#N)CO. The predicted octanol–water partition coefficient (Wildman–Crippen LogP) is 1.46. The van der Waals surface area contributed by atoms with E-state index >= 15 is 0 Å². The summed E-state index contributed by atoms with van der Waals surface area (Å²) in [7, 11) is -3.36. The third-order valence-electron chi connectivity index (χ3n) is 3.42. The molecule has 0 radical (unpaired) electrons. The van der Waals surface area contributed by atoms with E-state index in [4.69, 9.17) is 0 Å². The molecule has 1 aromatic carbocycles. The van der Waals surface area contributed by atoms with Crippen LogP contribution in [-0.2, 0) is 9.84 Å². The van der Waals surface area contributed by atoms with E-state index in [2.05, 4.69) is 15.9 Å². The van der Waals surface area contributed by atoms with Crippen molar-refractivity contribution in [1.82, 2.24) is 0 Å². The van der Waals surface area contributed by atoms with Crippen LogP contribution in [0.5, 0.6) is 0 Å². The fourth-order valence-electron chi connectivity index (χ4n) is 2.53. The van der Waals surface area contributed by atoms with Crippen molar-refractivity contribution < 1.29 is 13.5 Å². The fourth-order valence-corrected chi connectivity index (χ4v) is 4.65. The van der Waals surface area contributed by atoms with E-state index in [0.717, 1.165) is 16.3 Å². The van der Waals surface area contributed by atoms with Crippen LogP contribution in [0.25, 0.3) is 0 Å². The Morgan fingerprint density at radius 1 is 1.44 bits per heavy atom. The van der Waals surface area contributed by atoms with Crippen molar-refractivity contribution in [2.24, 2.45) is 5.41 Å². The van der Waals surface area contributed by atoms with Gasteiger partial charge in [0.05, 0.1) is 17.9 Å². The molecule has 0 heterocycles. The molecular formula is C12H12BrNO3S. The third-order valence-corrected chi connectivity index (χ3v) is 5.56. The first-order valence-electron chi connectivity index (χ1n) is 5.33. The highest BCUT2D eigenvalue weighted by Gasteiger charge is 2.70. The van der Waals surface area contributed by atoms with Gasteiger partial charge in [-0.05, 0) is 17.7 Å². The van der Waals surface area contributed by atoms with Gasteiger partial charge in [0.15, 0.2) is 9.84 Å². The summed E-state index contributed by atoms with van der Waals surface area (Å²) in [5, 5.41) is 17.8. The Balaban J connectivity index is 2.46. The number of hydrogen-bond donors (Lipinski definition) is 1. The van der Waals surface area contributed by atoms with E-state index in [1.165, 1.54) is 0 Å². The van der Waals surface area contributed by atoms with Gasteiger partial charge in [0.2, 0.25) is 0 Å². The van der Waals surface area contributed by atoms with E-state index in [9.17, 15) is 18.8 Å². The van der Waals surface area contributed by atoms with Crippen LogP contribution in [0, 0.1) is 16.7 Å². The number of nitrogens with zero attached hydrogens (tertiary/aromatic N) is 1. The molecule has 0 bridgehead atoms. The minimum atomic E-state index is -3.36. The molecule has 4 nitrogen and oxygen atoms in total. The summed E-state index contributed by atoms with van der Waals surface area (Å²) in [5.41, 5.74) is -0.425. The maximum Gasteiger partial charge on any atom is 0.152 e. The molecule has 1 fully saturated rings. The lowest BCUT2D eigenvalue weighted by Crippen LogP contribution is -2.16. The average molecular weight is 330 g/mol. The Morgan fingerprint density at radius 3 is 2.33 bits per heavy atom. The molecule has 1 aromatic rings. The van der Waals surface area contributed by atoms with Crippen molar-refractivity contribution in [1.29, 1.82) is 5.26 Å². The summed E-state index contributed by atoms with van der Waals surface area (Å²) in [5.74, 6) is -0.449. The molecule has 0 aromatic heterocycles. The lowest BCUT2D eigenvalue weighted by molar-refractivity contribution is 0.242. The van der Waals surface area contributed by atoms with Crippen molar-refractivity contribution in [2.75, 3.05) is 12.9 Å². The van der Waals surface area contributed by atoms with Crippen LogP contribution in [0.2, 0.25) is 0 Å². The molecule has 1 aliphatic rings. The summed E-state index contributed by atoms with van der Waals surface area (Å²) >= 11 is 3.30. The molecule has 3 atom stereocenters. The second kappa shape index (κ2) is 4.34.